The van der Waals surface area contributed by atoms with E-state index in [-0.39, 0.29) is 28.3 Å². The van der Waals surface area contributed by atoms with Gasteiger partial charge in [-0.05, 0) is 48.0 Å². The van der Waals surface area contributed by atoms with Gasteiger partial charge in [0.05, 0.1) is 24.5 Å². The molecule has 0 spiro atoms. The topological polar surface area (TPSA) is 55.8 Å². The molecule has 3 rings (SSSR count). The number of amides is 1. The number of allylic oxidation sites excluding steroid dienone is 1. The van der Waals surface area contributed by atoms with Gasteiger partial charge in [0.1, 0.15) is 5.70 Å². The number of hydrogen-bond donors (Lipinski definition) is 0. The van der Waals surface area contributed by atoms with Gasteiger partial charge in [0.25, 0.3) is 8.32 Å². The summed E-state index contributed by atoms with van der Waals surface area (Å²) in [5, 5.41) is 1.95. The fourth-order valence-corrected chi connectivity index (χ4v) is 10.9. The van der Waals surface area contributed by atoms with Crippen LogP contribution in [0.4, 0.5) is 0 Å². The average Bonchev–Trinajstić information content (AvgIpc) is 2.83. The van der Waals surface area contributed by atoms with Gasteiger partial charge in [0.2, 0.25) is 5.91 Å². The summed E-state index contributed by atoms with van der Waals surface area (Å²) in [5.41, 5.74) is 1.08. The minimum atomic E-state index is -2.81. The number of nitrogens with zero attached hydrogens (tertiary/aromatic N) is 1. The molecule has 3 atom stereocenters. The summed E-state index contributed by atoms with van der Waals surface area (Å²) in [6.07, 6.45) is 1.62. The van der Waals surface area contributed by atoms with Crippen LogP contribution in [0.3, 0.4) is 0 Å². The van der Waals surface area contributed by atoms with Crippen LogP contribution in [0.1, 0.15) is 41.5 Å². The number of carbonyl (C=O) groups excluding carboxylic acids is 2. The zero-order chi connectivity index (χ0) is 26.0. The summed E-state index contributed by atoms with van der Waals surface area (Å²) < 4.78 is 12.2. The SMILES string of the molecule is COC(=O)C(=C(C)C)N1C(=O)C(C(C)O[Si](c2ccccc2)(c2ccccc2)C(C)(C)C)C1SC. The highest BCUT2D eigenvalue weighted by Crippen LogP contribution is 2.44. The van der Waals surface area contributed by atoms with Gasteiger partial charge in [-0.1, -0.05) is 81.4 Å². The highest BCUT2D eigenvalue weighted by molar-refractivity contribution is 7.99. The van der Waals surface area contributed by atoms with Gasteiger partial charge in [-0.2, -0.15) is 0 Å². The molecule has 1 aliphatic rings. The second-order valence-electron chi connectivity index (χ2n) is 10.2. The fraction of sp³-hybridized carbons (Fsp3) is 0.429. The van der Waals surface area contributed by atoms with Crippen molar-refractivity contribution < 1.29 is 18.8 Å². The normalized spacial score (nSPS) is 19.1. The fourth-order valence-electron chi connectivity index (χ4n) is 5.09. The Morgan fingerprint density at radius 2 is 1.49 bits per heavy atom. The smallest absolute Gasteiger partial charge is 0.354 e. The molecule has 188 valence electrons. The monoisotopic (exact) mass is 511 g/mol. The second-order valence-corrected chi connectivity index (χ2v) is 15.4. The third-order valence-corrected chi connectivity index (χ3v) is 12.8. The van der Waals surface area contributed by atoms with Crippen LogP contribution in [0.25, 0.3) is 0 Å². The summed E-state index contributed by atoms with van der Waals surface area (Å²) >= 11 is 1.56. The number of β-lactam (4-membered cyclic amide) rings is 1. The third-order valence-electron chi connectivity index (χ3n) is 6.70. The van der Waals surface area contributed by atoms with Crippen molar-refractivity contribution in [1.82, 2.24) is 4.90 Å². The van der Waals surface area contributed by atoms with Gasteiger partial charge in [-0.25, -0.2) is 4.79 Å². The number of thioether (sulfide) groups is 1. The van der Waals surface area contributed by atoms with Crippen LogP contribution in [-0.4, -0.2) is 49.9 Å². The van der Waals surface area contributed by atoms with E-state index < -0.39 is 14.3 Å². The van der Waals surface area contributed by atoms with Crippen LogP contribution in [0.15, 0.2) is 71.9 Å². The van der Waals surface area contributed by atoms with Gasteiger partial charge < -0.3 is 9.16 Å². The Labute approximate surface area is 215 Å². The molecule has 5 nitrogen and oxygen atoms in total. The number of likely N-dealkylation sites (tertiary alicyclic amines) is 1. The molecule has 0 aromatic heterocycles. The van der Waals surface area contributed by atoms with Gasteiger partial charge >= 0.3 is 5.97 Å². The summed E-state index contributed by atoms with van der Waals surface area (Å²) in [5.74, 6) is -0.960. The highest BCUT2D eigenvalue weighted by atomic mass is 32.2. The Balaban J connectivity index is 2.06. The van der Waals surface area contributed by atoms with E-state index in [0.717, 1.165) is 5.57 Å². The largest absolute Gasteiger partial charge is 0.464 e. The maximum atomic E-state index is 13.6. The standard InChI is InChI=1S/C28H37NO4SSi/c1-19(2)24(27(31)32-7)29-25(30)23(26(29)34-8)20(3)33-35(28(4,5)6,21-15-11-9-12-16-21)22-17-13-10-14-18-22/h9-18,20,23,26H,1-8H3. The first-order chi connectivity index (χ1) is 16.5. The lowest BCUT2D eigenvalue weighted by Gasteiger charge is -2.52. The number of benzene rings is 2. The summed E-state index contributed by atoms with van der Waals surface area (Å²) in [4.78, 5) is 27.6. The van der Waals surface area contributed by atoms with Gasteiger partial charge in [0.15, 0.2) is 0 Å². The van der Waals surface area contributed by atoms with E-state index >= 15 is 0 Å². The molecule has 35 heavy (non-hydrogen) atoms. The molecule has 2 aromatic carbocycles. The van der Waals surface area contributed by atoms with Crippen molar-refractivity contribution >= 4 is 42.3 Å². The van der Waals surface area contributed by atoms with Crippen LogP contribution >= 0.6 is 11.8 Å². The summed E-state index contributed by atoms with van der Waals surface area (Å²) in [6, 6.07) is 20.8. The maximum absolute atomic E-state index is 13.6. The molecule has 1 aliphatic heterocycles. The minimum absolute atomic E-state index is 0.101. The Hall–Kier alpha value is -2.35. The summed E-state index contributed by atoms with van der Waals surface area (Å²) in [6.45, 7) is 12.3. The van der Waals surface area contributed by atoms with Crippen molar-refractivity contribution in [2.75, 3.05) is 13.4 Å². The van der Waals surface area contributed by atoms with Crippen molar-refractivity contribution in [3.05, 3.63) is 71.9 Å². The zero-order valence-electron chi connectivity index (χ0n) is 22.0. The van der Waals surface area contributed by atoms with Crippen molar-refractivity contribution in [3.8, 4) is 0 Å². The van der Waals surface area contributed by atoms with Crippen molar-refractivity contribution in [2.45, 2.75) is 58.1 Å². The quantitative estimate of drug-likeness (QED) is 0.225. The van der Waals surface area contributed by atoms with Crippen LogP contribution in [-0.2, 0) is 18.8 Å². The lowest BCUT2D eigenvalue weighted by atomic mass is 9.91. The van der Waals surface area contributed by atoms with Crippen molar-refractivity contribution in [1.29, 1.82) is 0 Å². The molecule has 0 bridgehead atoms. The lowest BCUT2D eigenvalue weighted by Crippen LogP contribution is -2.70. The van der Waals surface area contributed by atoms with E-state index in [1.165, 1.54) is 17.5 Å². The van der Waals surface area contributed by atoms with Gasteiger partial charge in [-0.15, -0.1) is 11.8 Å². The molecule has 0 radical (unpaired) electrons. The number of ether oxygens (including phenoxy) is 1. The molecule has 3 unspecified atom stereocenters. The van der Waals surface area contributed by atoms with Crippen LogP contribution in [0, 0.1) is 5.92 Å². The van der Waals surface area contributed by atoms with E-state index in [1.807, 2.05) is 39.2 Å². The Morgan fingerprint density at radius 1 is 1.00 bits per heavy atom. The Bertz CT molecular complexity index is 1040. The molecule has 2 aromatic rings. The molecule has 1 fully saturated rings. The van der Waals surface area contributed by atoms with Crippen LogP contribution in [0.5, 0.6) is 0 Å². The van der Waals surface area contributed by atoms with Gasteiger partial charge in [0, 0.05) is 0 Å². The molecule has 7 heteroatoms. The first kappa shape index (κ1) is 27.2. The highest BCUT2D eigenvalue weighted by Gasteiger charge is 2.57. The van der Waals surface area contributed by atoms with E-state index in [4.69, 9.17) is 9.16 Å². The Kier molecular flexibility index (Phi) is 8.35. The van der Waals surface area contributed by atoms with Crippen molar-refractivity contribution in [2.24, 2.45) is 5.92 Å². The molecular formula is C28H37NO4SSi. The minimum Gasteiger partial charge on any atom is -0.464 e. The van der Waals surface area contributed by atoms with Gasteiger partial charge in [-0.3, -0.25) is 9.69 Å². The summed E-state index contributed by atoms with van der Waals surface area (Å²) in [7, 11) is -1.47. The number of carbonyl (C=O) groups is 2. The number of rotatable bonds is 8. The van der Waals surface area contributed by atoms with Crippen LogP contribution in [0.2, 0.25) is 5.04 Å². The lowest BCUT2D eigenvalue weighted by molar-refractivity contribution is -0.157. The van der Waals surface area contributed by atoms with E-state index in [9.17, 15) is 9.59 Å². The predicted molar refractivity (Wildman–Crippen MR) is 146 cm³/mol. The van der Waals surface area contributed by atoms with E-state index in [2.05, 4.69) is 69.3 Å². The Morgan fingerprint density at radius 3 is 1.86 bits per heavy atom. The number of methoxy groups -OCH3 is 1. The van der Waals surface area contributed by atoms with E-state index in [0.29, 0.717) is 5.70 Å². The predicted octanol–water partition coefficient (Wildman–Crippen LogP) is 4.57. The van der Waals surface area contributed by atoms with Crippen LogP contribution < -0.4 is 10.4 Å². The maximum Gasteiger partial charge on any atom is 0.354 e. The van der Waals surface area contributed by atoms with E-state index in [1.54, 1.807) is 16.7 Å². The average molecular weight is 512 g/mol. The molecule has 1 amide bonds. The first-order valence-electron chi connectivity index (χ1n) is 11.9. The number of esters is 1. The second kappa shape index (κ2) is 10.7. The number of hydrogen-bond acceptors (Lipinski definition) is 5. The molecule has 1 saturated heterocycles. The molecule has 0 saturated carbocycles. The molecular weight excluding hydrogens is 474 g/mol. The first-order valence-corrected chi connectivity index (χ1v) is 15.1. The third kappa shape index (κ3) is 4.86. The van der Waals surface area contributed by atoms with Crippen molar-refractivity contribution in [3.63, 3.8) is 0 Å². The molecule has 0 N–H and O–H groups in total. The molecule has 0 aliphatic carbocycles. The zero-order valence-corrected chi connectivity index (χ0v) is 23.8. The molecule has 1 heterocycles.